The molecule has 1 N–H and O–H groups in total. The lowest BCUT2D eigenvalue weighted by Gasteiger charge is -2.40. The zero-order chi connectivity index (χ0) is 13.5. The molecule has 1 aromatic heterocycles. The van der Waals surface area contributed by atoms with E-state index in [9.17, 15) is 4.79 Å². The zero-order valence-electron chi connectivity index (χ0n) is 10.8. The maximum absolute atomic E-state index is 12.5. The highest BCUT2D eigenvalue weighted by atomic mass is 79.9. The quantitative estimate of drug-likeness (QED) is 0.862. The fourth-order valence-corrected chi connectivity index (χ4v) is 3.10. The fraction of sp³-hybridized carbons (Fsp3) is 0.400. The number of carbonyl (C=O) groups excluding carboxylic acids is 1. The second kappa shape index (κ2) is 4.76. The molecule has 3 nitrogen and oxygen atoms in total. The Hall–Kier alpha value is -1.13. The zero-order valence-corrected chi connectivity index (χ0v) is 12.4. The number of nitrogens with one attached hydrogen (secondary N) is 1. The molecule has 1 aliphatic carbocycles. The summed E-state index contributed by atoms with van der Waals surface area (Å²) in [5.41, 5.74) is 1.54. The van der Waals surface area contributed by atoms with Gasteiger partial charge >= 0.3 is 0 Å². The van der Waals surface area contributed by atoms with Gasteiger partial charge in [-0.05, 0) is 37.5 Å². The summed E-state index contributed by atoms with van der Waals surface area (Å²) in [6, 6.07) is 5.93. The molecule has 0 saturated heterocycles. The van der Waals surface area contributed by atoms with Gasteiger partial charge in [-0.15, -0.1) is 0 Å². The van der Waals surface area contributed by atoms with Crippen molar-refractivity contribution in [2.24, 2.45) is 0 Å². The number of methoxy groups -OCH3 is 1. The molecule has 0 unspecified atom stereocenters. The third kappa shape index (κ3) is 2.23. The van der Waals surface area contributed by atoms with Crippen molar-refractivity contribution in [1.82, 2.24) is 4.98 Å². The van der Waals surface area contributed by atoms with E-state index in [0.717, 1.165) is 40.2 Å². The lowest BCUT2D eigenvalue weighted by atomic mass is 9.76. The lowest BCUT2D eigenvalue weighted by Crippen LogP contribution is -2.41. The number of aromatic nitrogens is 1. The molecule has 0 radical (unpaired) electrons. The first-order valence-electron chi connectivity index (χ1n) is 6.49. The maximum atomic E-state index is 12.5. The van der Waals surface area contributed by atoms with E-state index in [-0.39, 0.29) is 11.4 Å². The Morgan fingerprint density at radius 3 is 2.89 bits per heavy atom. The maximum Gasteiger partial charge on any atom is 0.167 e. The summed E-state index contributed by atoms with van der Waals surface area (Å²) in [5, 5.41) is 0.977. The molecule has 0 atom stereocenters. The van der Waals surface area contributed by atoms with Crippen LogP contribution in [0.25, 0.3) is 10.9 Å². The summed E-state index contributed by atoms with van der Waals surface area (Å²) in [4.78, 5) is 15.6. The van der Waals surface area contributed by atoms with Crippen LogP contribution in [0.3, 0.4) is 0 Å². The topological polar surface area (TPSA) is 42.1 Å². The molecule has 0 spiro atoms. The van der Waals surface area contributed by atoms with E-state index in [1.807, 2.05) is 24.4 Å². The number of rotatable bonds is 4. The van der Waals surface area contributed by atoms with Gasteiger partial charge in [-0.1, -0.05) is 15.9 Å². The Bertz CT molecular complexity index is 623. The number of halogens is 1. The summed E-state index contributed by atoms with van der Waals surface area (Å²) in [5.74, 6) is 0.158. The number of ether oxygens (including phenoxy) is 1. The predicted molar refractivity (Wildman–Crippen MR) is 78.5 cm³/mol. The number of benzene rings is 1. The number of ketones is 1. The van der Waals surface area contributed by atoms with Gasteiger partial charge in [-0.3, -0.25) is 4.79 Å². The minimum atomic E-state index is -0.216. The minimum Gasteiger partial charge on any atom is -0.378 e. The van der Waals surface area contributed by atoms with E-state index >= 15 is 0 Å². The average molecular weight is 322 g/mol. The van der Waals surface area contributed by atoms with Crippen LogP contribution in [0.15, 0.2) is 28.9 Å². The normalized spacial score (nSPS) is 17.4. The van der Waals surface area contributed by atoms with Gasteiger partial charge in [0.2, 0.25) is 0 Å². The van der Waals surface area contributed by atoms with Gasteiger partial charge in [-0.2, -0.15) is 0 Å². The monoisotopic (exact) mass is 321 g/mol. The van der Waals surface area contributed by atoms with Gasteiger partial charge in [0.15, 0.2) is 5.78 Å². The molecule has 3 rings (SSSR count). The molecule has 0 aliphatic heterocycles. The number of aromatic amines is 1. The Balaban J connectivity index is 1.91. The van der Waals surface area contributed by atoms with Gasteiger partial charge in [0.25, 0.3) is 0 Å². The Morgan fingerprint density at radius 1 is 1.47 bits per heavy atom. The number of hydrogen-bond donors (Lipinski definition) is 1. The minimum absolute atomic E-state index is 0.158. The molecule has 1 aliphatic rings. The largest absolute Gasteiger partial charge is 0.378 e. The molecule has 1 fully saturated rings. The van der Waals surface area contributed by atoms with E-state index in [1.165, 1.54) is 0 Å². The predicted octanol–water partition coefficient (Wildman–Crippen LogP) is 4.07. The van der Waals surface area contributed by atoms with Crippen LogP contribution >= 0.6 is 15.9 Å². The molecule has 2 aromatic rings. The van der Waals surface area contributed by atoms with Crippen LogP contribution in [0.1, 0.15) is 36.0 Å². The molecular weight excluding hydrogens is 306 g/mol. The Labute approximate surface area is 120 Å². The number of Topliss-reactive ketones (excluding diaryl/α,β-unsaturated/α-hetero) is 1. The average Bonchev–Trinajstić information content (AvgIpc) is 2.76. The highest BCUT2D eigenvalue weighted by Crippen LogP contribution is 2.39. The summed E-state index contributed by atoms with van der Waals surface area (Å²) >= 11 is 3.45. The molecule has 19 heavy (non-hydrogen) atoms. The number of hydrogen-bond acceptors (Lipinski definition) is 2. The van der Waals surface area contributed by atoms with Crippen molar-refractivity contribution in [3.05, 3.63) is 34.4 Å². The molecule has 0 amide bonds. The molecule has 1 aromatic carbocycles. The van der Waals surface area contributed by atoms with Crippen molar-refractivity contribution < 1.29 is 9.53 Å². The standard InChI is InChI=1S/C15H16BrNO2/c1-19-15(5-2-6-15)8-14(18)12-9-17-13-4-3-10(16)7-11(12)13/h3-4,7,9,17H,2,5-6,8H2,1H3. The van der Waals surface area contributed by atoms with Crippen molar-refractivity contribution in [2.75, 3.05) is 7.11 Å². The summed E-state index contributed by atoms with van der Waals surface area (Å²) in [6.45, 7) is 0. The van der Waals surface area contributed by atoms with Crippen LogP contribution in [0, 0.1) is 0 Å². The fourth-order valence-electron chi connectivity index (χ4n) is 2.74. The molecule has 1 saturated carbocycles. The number of fused-ring (bicyclic) bond motifs is 1. The van der Waals surface area contributed by atoms with Crippen LogP contribution in [-0.2, 0) is 4.74 Å². The lowest BCUT2D eigenvalue weighted by molar-refractivity contribution is -0.0704. The van der Waals surface area contributed by atoms with E-state index in [4.69, 9.17) is 4.74 Å². The van der Waals surface area contributed by atoms with Crippen molar-refractivity contribution >= 4 is 32.6 Å². The molecule has 1 heterocycles. The van der Waals surface area contributed by atoms with Crippen molar-refractivity contribution in [2.45, 2.75) is 31.3 Å². The van der Waals surface area contributed by atoms with Gasteiger partial charge in [-0.25, -0.2) is 0 Å². The highest BCUT2D eigenvalue weighted by molar-refractivity contribution is 9.10. The number of H-pyrrole nitrogens is 1. The van der Waals surface area contributed by atoms with Crippen molar-refractivity contribution in [1.29, 1.82) is 0 Å². The van der Waals surface area contributed by atoms with E-state index in [0.29, 0.717) is 6.42 Å². The van der Waals surface area contributed by atoms with Crippen LogP contribution in [-0.4, -0.2) is 23.5 Å². The van der Waals surface area contributed by atoms with Gasteiger partial charge < -0.3 is 9.72 Å². The van der Waals surface area contributed by atoms with Crippen LogP contribution < -0.4 is 0 Å². The van der Waals surface area contributed by atoms with E-state index in [2.05, 4.69) is 20.9 Å². The third-order valence-corrected chi connectivity index (χ3v) is 4.62. The summed E-state index contributed by atoms with van der Waals surface area (Å²) in [7, 11) is 1.71. The first-order chi connectivity index (χ1) is 9.13. The smallest absolute Gasteiger partial charge is 0.167 e. The Morgan fingerprint density at radius 2 is 2.26 bits per heavy atom. The second-order valence-electron chi connectivity index (χ2n) is 5.23. The first-order valence-corrected chi connectivity index (χ1v) is 7.28. The SMILES string of the molecule is COC1(CC(=O)c2c[nH]c3ccc(Br)cc23)CCC1. The van der Waals surface area contributed by atoms with Crippen LogP contribution in [0.4, 0.5) is 0 Å². The molecule has 4 heteroatoms. The molecular formula is C15H16BrNO2. The van der Waals surface area contributed by atoms with Gasteiger partial charge in [0.1, 0.15) is 0 Å². The second-order valence-corrected chi connectivity index (χ2v) is 6.15. The number of carbonyl (C=O) groups is 1. The first kappa shape index (κ1) is 12.9. The summed E-state index contributed by atoms with van der Waals surface area (Å²) < 4.78 is 6.52. The van der Waals surface area contributed by atoms with E-state index < -0.39 is 0 Å². The van der Waals surface area contributed by atoms with Gasteiger partial charge in [0, 0.05) is 40.7 Å². The Kier molecular flexibility index (Phi) is 3.23. The third-order valence-electron chi connectivity index (χ3n) is 4.12. The molecule has 0 bridgehead atoms. The van der Waals surface area contributed by atoms with E-state index in [1.54, 1.807) is 7.11 Å². The van der Waals surface area contributed by atoms with Gasteiger partial charge in [0.05, 0.1) is 5.60 Å². The van der Waals surface area contributed by atoms with Crippen LogP contribution in [0.5, 0.6) is 0 Å². The van der Waals surface area contributed by atoms with Crippen LogP contribution in [0.2, 0.25) is 0 Å². The van der Waals surface area contributed by atoms with Crippen molar-refractivity contribution in [3.8, 4) is 0 Å². The van der Waals surface area contributed by atoms with Crippen molar-refractivity contribution in [3.63, 3.8) is 0 Å². The highest BCUT2D eigenvalue weighted by Gasteiger charge is 2.39. The molecule has 100 valence electrons. The summed E-state index contributed by atoms with van der Waals surface area (Å²) in [6.07, 6.45) is 5.41.